The van der Waals surface area contributed by atoms with Crippen molar-refractivity contribution in [2.75, 3.05) is 17.2 Å². The lowest BCUT2D eigenvalue weighted by molar-refractivity contribution is -0.137. The highest BCUT2D eigenvalue weighted by Crippen LogP contribution is 2.42. The van der Waals surface area contributed by atoms with Gasteiger partial charge in [0.05, 0.1) is 17.7 Å². The molecule has 2 N–H and O–H groups in total. The number of hydrogen-bond donors (Lipinski definition) is 2. The van der Waals surface area contributed by atoms with Crippen LogP contribution in [0.1, 0.15) is 57.0 Å². The zero-order chi connectivity index (χ0) is 30.2. The molecule has 0 fully saturated rings. The average molecular weight is 582 g/mol. The molecule has 0 saturated carbocycles. The van der Waals surface area contributed by atoms with Gasteiger partial charge in [-0.05, 0) is 64.8 Å². The summed E-state index contributed by atoms with van der Waals surface area (Å²) in [6.45, 7) is 8.59. The van der Waals surface area contributed by atoms with Gasteiger partial charge in [-0.2, -0.15) is 8.42 Å². The van der Waals surface area contributed by atoms with E-state index in [-0.39, 0.29) is 40.7 Å². The van der Waals surface area contributed by atoms with Gasteiger partial charge in [0.1, 0.15) is 22.3 Å². The molecule has 1 amide bonds. The van der Waals surface area contributed by atoms with Crippen LogP contribution in [0, 0.1) is 5.92 Å². The first-order valence-electron chi connectivity index (χ1n) is 12.9. The summed E-state index contributed by atoms with van der Waals surface area (Å²) in [5, 5.41) is 5.34. The van der Waals surface area contributed by atoms with Gasteiger partial charge in [-0.3, -0.25) is 14.9 Å². The van der Waals surface area contributed by atoms with E-state index in [4.69, 9.17) is 9.47 Å². The molecular formula is C29H31N3O8S. The number of esters is 1. The Morgan fingerprint density at radius 2 is 1.85 bits per heavy atom. The summed E-state index contributed by atoms with van der Waals surface area (Å²) in [4.78, 5) is 51.3. The van der Waals surface area contributed by atoms with Crippen LogP contribution in [-0.2, 0) is 34.5 Å². The summed E-state index contributed by atoms with van der Waals surface area (Å²) < 4.78 is 40.5. The van der Waals surface area contributed by atoms with Crippen molar-refractivity contribution < 1.29 is 37.1 Å². The number of amides is 1. The Morgan fingerprint density at radius 3 is 2.54 bits per heavy atom. The molecule has 41 heavy (non-hydrogen) atoms. The molecule has 0 spiro atoms. The van der Waals surface area contributed by atoms with Crippen molar-refractivity contribution in [3.63, 3.8) is 0 Å². The molecule has 2 atom stereocenters. The lowest BCUT2D eigenvalue weighted by Gasteiger charge is -2.38. The second-order valence-electron chi connectivity index (χ2n) is 10.8. The van der Waals surface area contributed by atoms with Gasteiger partial charge in [0.2, 0.25) is 0 Å². The van der Waals surface area contributed by atoms with Gasteiger partial charge in [-0.15, -0.1) is 4.40 Å². The zero-order valence-electron chi connectivity index (χ0n) is 23.3. The number of carbonyl (C=O) groups is 4. The maximum atomic E-state index is 14.0. The van der Waals surface area contributed by atoms with E-state index in [0.29, 0.717) is 5.56 Å². The predicted molar refractivity (Wildman–Crippen MR) is 152 cm³/mol. The Kier molecular flexibility index (Phi) is 7.90. The van der Waals surface area contributed by atoms with E-state index in [1.54, 1.807) is 58.9 Å². The van der Waals surface area contributed by atoms with Gasteiger partial charge in [-0.25, -0.2) is 9.59 Å². The van der Waals surface area contributed by atoms with Crippen LogP contribution in [0.2, 0.25) is 0 Å². The fourth-order valence-electron chi connectivity index (χ4n) is 4.75. The standard InChI is InChI=1S/C29H31N3O8S/c1-6-39-22(33)12-9-15-29(5)19-11-8-7-10-18(19)24(34)23(25(29)35)26-31-20-14-13-17(16-21(20)41(37,38)32-26)30-27(36)40-28(2,3)4/h7-14,16,23H,6,15H2,1-5H3,(H,30,36)(H,31,32). The van der Waals surface area contributed by atoms with Crippen LogP contribution in [0.15, 0.2) is 63.9 Å². The van der Waals surface area contributed by atoms with E-state index >= 15 is 0 Å². The summed E-state index contributed by atoms with van der Waals surface area (Å²) in [6, 6.07) is 10.7. The lowest BCUT2D eigenvalue weighted by Crippen LogP contribution is -2.51. The third kappa shape index (κ3) is 6.07. The molecule has 0 bridgehead atoms. The van der Waals surface area contributed by atoms with E-state index in [0.717, 1.165) is 0 Å². The molecule has 1 aliphatic carbocycles. The van der Waals surface area contributed by atoms with Crippen molar-refractivity contribution in [3.05, 3.63) is 65.7 Å². The Labute approximate surface area is 238 Å². The van der Waals surface area contributed by atoms with Crippen LogP contribution < -0.4 is 10.6 Å². The highest BCUT2D eigenvalue weighted by atomic mass is 32.2. The second-order valence-corrected chi connectivity index (χ2v) is 12.4. The third-order valence-corrected chi connectivity index (χ3v) is 7.91. The van der Waals surface area contributed by atoms with E-state index < -0.39 is 50.6 Å². The molecule has 0 aromatic heterocycles. The molecule has 4 rings (SSSR count). The first-order valence-corrected chi connectivity index (χ1v) is 14.4. The Bertz CT molecular complexity index is 1600. The molecule has 2 aromatic carbocycles. The summed E-state index contributed by atoms with van der Waals surface area (Å²) in [6.07, 6.45) is 2.01. The van der Waals surface area contributed by atoms with Crippen LogP contribution >= 0.6 is 0 Å². The predicted octanol–water partition coefficient (Wildman–Crippen LogP) is 4.40. The monoisotopic (exact) mass is 581 g/mol. The van der Waals surface area contributed by atoms with Gasteiger partial charge in [0, 0.05) is 17.3 Å². The number of ketones is 2. The number of hydrogen-bond acceptors (Lipinski definition) is 9. The number of carbonyl (C=O) groups excluding carboxylic acids is 4. The molecule has 216 valence electrons. The SMILES string of the molecule is CCOC(=O)C=CCC1(C)C(=O)C(C2=NS(=O)(=O)c3cc(NC(=O)OC(C)(C)C)ccc3N2)C(=O)c2ccccc21. The van der Waals surface area contributed by atoms with Gasteiger partial charge < -0.3 is 14.8 Å². The molecule has 1 aliphatic heterocycles. The van der Waals surface area contributed by atoms with Crippen LogP contribution in [0.25, 0.3) is 0 Å². The number of Topliss-reactive ketones (excluding diaryl/α,β-unsaturated/α-hetero) is 2. The van der Waals surface area contributed by atoms with E-state index in [2.05, 4.69) is 15.0 Å². The number of sulfonamides is 1. The highest BCUT2D eigenvalue weighted by molar-refractivity contribution is 7.90. The number of ether oxygens (including phenoxy) is 2. The molecule has 0 saturated heterocycles. The molecule has 12 heteroatoms. The van der Waals surface area contributed by atoms with Crippen molar-refractivity contribution in [1.82, 2.24) is 0 Å². The van der Waals surface area contributed by atoms with E-state index in [9.17, 15) is 27.6 Å². The number of nitrogens with one attached hydrogen (secondary N) is 2. The molecule has 2 aromatic rings. The number of anilines is 2. The Morgan fingerprint density at radius 1 is 1.15 bits per heavy atom. The summed E-state index contributed by atoms with van der Waals surface area (Å²) in [7, 11) is -4.38. The van der Waals surface area contributed by atoms with Crippen LogP contribution in [0.5, 0.6) is 0 Å². The summed E-state index contributed by atoms with van der Waals surface area (Å²) in [5.74, 6) is -3.58. The topological polar surface area (TPSA) is 157 Å². The second kappa shape index (κ2) is 10.9. The van der Waals surface area contributed by atoms with Gasteiger partial charge >= 0.3 is 12.1 Å². The number of allylic oxidation sites excluding steroid dienone is 1. The molecule has 1 heterocycles. The van der Waals surface area contributed by atoms with Crippen molar-refractivity contribution >= 4 is 50.9 Å². The third-order valence-electron chi connectivity index (χ3n) is 6.58. The summed E-state index contributed by atoms with van der Waals surface area (Å²) in [5.41, 5.74) is -1.06. The van der Waals surface area contributed by atoms with Gasteiger partial charge in [0.15, 0.2) is 11.6 Å². The quantitative estimate of drug-likeness (QED) is 0.287. The number of nitrogens with zero attached hydrogens (tertiary/aromatic N) is 1. The van der Waals surface area contributed by atoms with E-state index in [1.165, 1.54) is 30.4 Å². The normalized spacial score (nSPS) is 21.3. The molecule has 2 aliphatic rings. The number of benzene rings is 2. The van der Waals surface area contributed by atoms with Crippen molar-refractivity contribution in [1.29, 1.82) is 0 Å². The van der Waals surface area contributed by atoms with Gasteiger partial charge in [0.25, 0.3) is 10.0 Å². The first kappa shape index (κ1) is 29.7. The number of fused-ring (bicyclic) bond motifs is 2. The Balaban J connectivity index is 1.69. The smallest absolute Gasteiger partial charge is 0.412 e. The van der Waals surface area contributed by atoms with E-state index in [1.807, 2.05) is 0 Å². The maximum absolute atomic E-state index is 14.0. The van der Waals surface area contributed by atoms with Crippen LogP contribution in [0.4, 0.5) is 16.2 Å². The average Bonchev–Trinajstić information content (AvgIpc) is 2.87. The van der Waals surface area contributed by atoms with Gasteiger partial charge in [-0.1, -0.05) is 30.3 Å². The largest absolute Gasteiger partial charge is 0.463 e. The van der Waals surface area contributed by atoms with Crippen LogP contribution in [-0.4, -0.2) is 50.1 Å². The number of amidine groups is 1. The molecular weight excluding hydrogens is 550 g/mol. The molecule has 11 nitrogen and oxygen atoms in total. The minimum absolute atomic E-state index is 0.0573. The summed E-state index contributed by atoms with van der Waals surface area (Å²) >= 11 is 0. The highest BCUT2D eigenvalue weighted by Gasteiger charge is 2.51. The Hall–Kier alpha value is -4.32. The minimum atomic E-state index is -4.38. The van der Waals surface area contributed by atoms with Crippen molar-refractivity contribution in [3.8, 4) is 0 Å². The fourth-order valence-corrected chi connectivity index (χ4v) is 5.93. The molecule has 2 unspecified atom stereocenters. The first-order chi connectivity index (χ1) is 19.2. The van der Waals surface area contributed by atoms with Crippen molar-refractivity contribution in [2.45, 2.75) is 57.0 Å². The number of rotatable bonds is 6. The fraction of sp³-hybridized carbons (Fsp3) is 0.345. The molecule has 0 radical (unpaired) electrons. The lowest BCUT2D eigenvalue weighted by atomic mass is 9.63. The maximum Gasteiger partial charge on any atom is 0.412 e. The van der Waals surface area contributed by atoms with Crippen LogP contribution in [0.3, 0.4) is 0 Å². The zero-order valence-corrected chi connectivity index (χ0v) is 24.1. The van der Waals surface area contributed by atoms with Crippen molar-refractivity contribution in [2.24, 2.45) is 10.3 Å². The minimum Gasteiger partial charge on any atom is -0.463 e.